The fourth-order valence-corrected chi connectivity index (χ4v) is 2.06. The lowest BCUT2D eigenvalue weighted by atomic mass is 10.8. The summed E-state index contributed by atoms with van der Waals surface area (Å²) >= 11 is 3.01. The van der Waals surface area contributed by atoms with E-state index in [1.807, 2.05) is 6.92 Å². The van der Waals surface area contributed by atoms with Crippen molar-refractivity contribution in [2.45, 2.75) is 11.3 Å². The van der Waals surface area contributed by atoms with Crippen LogP contribution in [0.2, 0.25) is 0 Å². The minimum absolute atomic E-state index is 0.545. The second-order valence-electron chi connectivity index (χ2n) is 1.83. The van der Waals surface area contributed by atoms with Gasteiger partial charge in [-0.15, -0.1) is 0 Å². The molecule has 0 saturated carbocycles. The van der Waals surface area contributed by atoms with E-state index in [1.165, 1.54) is 11.5 Å². The van der Waals surface area contributed by atoms with Gasteiger partial charge in [-0.3, -0.25) is 0 Å². The summed E-state index contributed by atoms with van der Waals surface area (Å²) in [5.41, 5.74) is 0. The van der Waals surface area contributed by atoms with Crippen molar-refractivity contribution in [2.75, 3.05) is 12.4 Å². The van der Waals surface area contributed by atoms with Gasteiger partial charge in [0.25, 0.3) is 0 Å². The summed E-state index contributed by atoms with van der Waals surface area (Å²) in [5.74, 6) is 6.50. The van der Waals surface area contributed by atoms with Gasteiger partial charge in [0, 0.05) is 5.75 Å². The number of rotatable bonds is 4. The zero-order valence-electron chi connectivity index (χ0n) is 6.11. The van der Waals surface area contributed by atoms with E-state index >= 15 is 0 Å². The molecule has 0 radical (unpaired) electrons. The van der Waals surface area contributed by atoms with Crippen LogP contribution in [-0.2, 0) is 4.84 Å². The third-order valence-electron chi connectivity index (χ3n) is 0.936. The van der Waals surface area contributed by atoms with Crippen molar-refractivity contribution in [1.82, 2.24) is 9.36 Å². The number of hydrogen-bond donors (Lipinski definition) is 1. The maximum absolute atomic E-state index is 4.85. The van der Waals surface area contributed by atoms with Gasteiger partial charge in [0.2, 0.25) is 0 Å². The molecule has 0 aromatic carbocycles. The molecule has 0 fully saturated rings. The zero-order valence-corrected chi connectivity index (χ0v) is 7.74. The van der Waals surface area contributed by atoms with Crippen LogP contribution in [0.5, 0.6) is 0 Å². The smallest absolute Gasteiger partial charge is 0.170 e. The Morgan fingerprint density at radius 2 is 2.55 bits per heavy atom. The summed E-state index contributed by atoms with van der Waals surface area (Å²) in [6.07, 6.45) is 0. The summed E-state index contributed by atoms with van der Waals surface area (Å²) in [6, 6.07) is 0. The molecule has 1 aromatic heterocycles. The Balaban J connectivity index is 2.27. The highest BCUT2D eigenvalue weighted by Gasteiger charge is 1.99. The van der Waals surface area contributed by atoms with Gasteiger partial charge >= 0.3 is 0 Å². The fourth-order valence-electron chi connectivity index (χ4n) is 0.514. The minimum atomic E-state index is 0.545. The first-order valence-corrected chi connectivity index (χ1v) is 4.83. The molecule has 0 aliphatic carbocycles. The molecule has 0 bridgehead atoms. The van der Waals surface area contributed by atoms with Crippen LogP contribution in [0, 0.1) is 6.92 Å². The molecule has 1 rings (SSSR count). The normalized spacial score (nSPS) is 10.4. The van der Waals surface area contributed by atoms with Gasteiger partial charge in [0.05, 0.1) is 6.61 Å². The van der Waals surface area contributed by atoms with Gasteiger partial charge < -0.3 is 4.84 Å². The van der Waals surface area contributed by atoms with Crippen LogP contribution in [0.4, 0.5) is 0 Å². The van der Waals surface area contributed by atoms with Gasteiger partial charge in [-0.05, 0) is 18.5 Å². The van der Waals surface area contributed by atoms with Crippen LogP contribution < -0.4 is 5.90 Å². The first-order valence-electron chi connectivity index (χ1n) is 3.07. The lowest BCUT2D eigenvalue weighted by Crippen LogP contribution is -2.02. The van der Waals surface area contributed by atoms with E-state index in [-0.39, 0.29) is 0 Å². The summed E-state index contributed by atoms with van der Waals surface area (Å²) in [4.78, 5) is 8.56. The molecular weight excluding hydrogens is 182 g/mol. The highest BCUT2D eigenvalue weighted by molar-refractivity contribution is 8.00. The van der Waals surface area contributed by atoms with Crippen molar-refractivity contribution in [2.24, 2.45) is 5.90 Å². The van der Waals surface area contributed by atoms with Gasteiger partial charge in [-0.25, -0.2) is 10.9 Å². The monoisotopic (exact) mass is 191 g/mol. The maximum atomic E-state index is 4.85. The van der Waals surface area contributed by atoms with E-state index in [1.54, 1.807) is 11.8 Å². The van der Waals surface area contributed by atoms with E-state index in [0.29, 0.717) is 6.61 Å². The molecule has 1 aromatic rings. The van der Waals surface area contributed by atoms with Crippen molar-refractivity contribution in [3.63, 3.8) is 0 Å². The van der Waals surface area contributed by atoms with Crippen molar-refractivity contribution in [1.29, 1.82) is 0 Å². The predicted octanol–water partition coefficient (Wildman–Crippen LogP) is 0.829. The van der Waals surface area contributed by atoms with E-state index in [2.05, 4.69) is 14.2 Å². The van der Waals surface area contributed by atoms with E-state index in [9.17, 15) is 0 Å². The molecule has 4 nitrogen and oxygen atoms in total. The summed E-state index contributed by atoms with van der Waals surface area (Å²) in [7, 11) is 0. The predicted molar refractivity (Wildman–Crippen MR) is 45.5 cm³/mol. The number of aromatic nitrogens is 2. The first-order chi connectivity index (χ1) is 5.33. The Labute approximate surface area is 73.3 Å². The van der Waals surface area contributed by atoms with Crippen molar-refractivity contribution < 1.29 is 4.84 Å². The van der Waals surface area contributed by atoms with Gasteiger partial charge in [0.1, 0.15) is 5.82 Å². The Kier molecular flexibility index (Phi) is 3.78. The second kappa shape index (κ2) is 4.66. The molecule has 0 aliphatic rings. The molecule has 0 spiro atoms. The Morgan fingerprint density at radius 3 is 3.09 bits per heavy atom. The molecule has 0 amide bonds. The molecule has 0 saturated heterocycles. The Bertz CT molecular complexity index is 215. The summed E-state index contributed by atoms with van der Waals surface area (Å²) < 4.78 is 5.00. The molecule has 62 valence electrons. The van der Waals surface area contributed by atoms with Gasteiger partial charge in [-0.2, -0.15) is 4.37 Å². The largest absolute Gasteiger partial charge is 0.304 e. The molecular formula is C5H9N3OS2. The van der Waals surface area contributed by atoms with Crippen LogP contribution in [0.25, 0.3) is 0 Å². The Morgan fingerprint density at radius 1 is 1.73 bits per heavy atom. The third-order valence-corrected chi connectivity index (χ3v) is 2.82. The lowest BCUT2D eigenvalue weighted by Gasteiger charge is -1.92. The van der Waals surface area contributed by atoms with Crippen molar-refractivity contribution in [3.8, 4) is 0 Å². The SMILES string of the molecule is Cc1nsc(SCCON)n1. The van der Waals surface area contributed by atoms with Crippen molar-refractivity contribution >= 4 is 23.3 Å². The number of thioether (sulfide) groups is 1. The van der Waals surface area contributed by atoms with E-state index in [0.717, 1.165) is 15.9 Å². The van der Waals surface area contributed by atoms with Crippen LogP contribution >= 0.6 is 23.3 Å². The zero-order chi connectivity index (χ0) is 8.10. The standard InChI is InChI=1S/C5H9N3OS2/c1-4-7-5(11-8-4)10-3-2-9-6/h2-3,6H2,1H3. The first kappa shape index (κ1) is 8.92. The topological polar surface area (TPSA) is 61.0 Å². The molecule has 6 heteroatoms. The molecule has 0 aliphatic heterocycles. The van der Waals surface area contributed by atoms with E-state index < -0.39 is 0 Å². The van der Waals surface area contributed by atoms with Crippen LogP contribution in [0.15, 0.2) is 4.34 Å². The Hall–Kier alpha value is -0.170. The average Bonchev–Trinajstić information content (AvgIpc) is 2.37. The lowest BCUT2D eigenvalue weighted by molar-refractivity contribution is 0.155. The third kappa shape index (κ3) is 3.15. The number of hydrogen-bond acceptors (Lipinski definition) is 6. The molecule has 2 N–H and O–H groups in total. The van der Waals surface area contributed by atoms with Crippen molar-refractivity contribution in [3.05, 3.63) is 5.82 Å². The number of nitrogens with zero attached hydrogens (tertiary/aromatic N) is 2. The quantitative estimate of drug-likeness (QED) is 0.434. The molecule has 0 unspecified atom stereocenters. The number of nitrogens with two attached hydrogens (primary N) is 1. The molecule has 11 heavy (non-hydrogen) atoms. The van der Waals surface area contributed by atoms with Crippen LogP contribution in [0.3, 0.4) is 0 Å². The number of aryl methyl sites for hydroxylation is 1. The molecule has 0 atom stereocenters. The highest BCUT2D eigenvalue weighted by atomic mass is 32.2. The van der Waals surface area contributed by atoms with E-state index in [4.69, 9.17) is 5.90 Å². The fraction of sp³-hybridized carbons (Fsp3) is 0.600. The minimum Gasteiger partial charge on any atom is -0.304 e. The second-order valence-corrected chi connectivity index (χ2v) is 3.92. The molecule has 1 heterocycles. The highest BCUT2D eigenvalue weighted by Crippen LogP contribution is 2.18. The summed E-state index contributed by atoms with van der Waals surface area (Å²) in [6.45, 7) is 2.42. The van der Waals surface area contributed by atoms with Gasteiger partial charge in [0.15, 0.2) is 4.34 Å². The van der Waals surface area contributed by atoms with Crippen LogP contribution in [-0.4, -0.2) is 21.7 Å². The van der Waals surface area contributed by atoms with Gasteiger partial charge in [-0.1, -0.05) is 11.8 Å². The average molecular weight is 191 g/mol. The van der Waals surface area contributed by atoms with Crippen LogP contribution in [0.1, 0.15) is 5.82 Å². The maximum Gasteiger partial charge on any atom is 0.170 e. The summed E-state index contributed by atoms with van der Waals surface area (Å²) in [5, 5.41) is 0.